The molecule has 2 aromatic carbocycles. The van der Waals surface area contributed by atoms with Crippen molar-refractivity contribution in [3.05, 3.63) is 59.7 Å². The number of hydrogen-bond donors (Lipinski definition) is 1. The molecule has 0 radical (unpaired) electrons. The Bertz CT molecular complexity index is 1020. The van der Waals surface area contributed by atoms with Crippen molar-refractivity contribution in [3.8, 4) is 11.1 Å². The van der Waals surface area contributed by atoms with Gasteiger partial charge in [0.1, 0.15) is 13.2 Å². The summed E-state index contributed by atoms with van der Waals surface area (Å²) in [4.78, 5) is 23.7. The van der Waals surface area contributed by atoms with E-state index in [0.29, 0.717) is 79.0 Å². The van der Waals surface area contributed by atoms with E-state index in [1.54, 1.807) is 0 Å². The normalized spacial score (nSPS) is 12.1. The predicted molar refractivity (Wildman–Crippen MR) is 162 cm³/mol. The van der Waals surface area contributed by atoms with Crippen molar-refractivity contribution in [3.63, 3.8) is 0 Å². The first kappa shape index (κ1) is 34.5. The van der Waals surface area contributed by atoms with Crippen LogP contribution >= 0.6 is 0 Å². The fourth-order valence-corrected chi connectivity index (χ4v) is 4.66. The van der Waals surface area contributed by atoms with Gasteiger partial charge in [-0.05, 0) is 28.7 Å². The molecule has 1 amide bonds. The summed E-state index contributed by atoms with van der Waals surface area (Å²) in [5.41, 5.74) is 4.77. The van der Waals surface area contributed by atoms with Crippen LogP contribution in [0.1, 0.15) is 49.7 Å². The van der Waals surface area contributed by atoms with E-state index in [4.69, 9.17) is 33.2 Å². The number of unbranched alkanes of at least 4 members (excludes halogenated alkanes) is 2. The van der Waals surface area contributed by atoms with Gasteiger partial charge >= 0.3 is 12.1 Å². The summed E-state index contributed by atoms with van der Waals surface area (Å²) in [6, 6.07) is 16.5. The number of hydrogen-bond acceptors (Lipinski definition) is 9. The van der Waals surface area contributed by atoms with Gasteiger partial charge in [0.25, 0.3) is 0 Å². The molecule has 0 bridgehead atoms. The Balaban J connectivity index is 1.05. The highest BCUT2D eigenvalue weighted by atomic mass is 16.6. The number of alkyl carbamates (subject to hydrolysis) is 1. The molecule has 0 spiro atoms. The first-order chi connectivity index (χ1) is 21.2. The average Bonchev–Trinajstić information content (AvgIpc) is 3.34. The molecule has 0 saturated heterocycles. The predicted octanol–water partition coefficient (Wildman–Crippen LogP) is 4.73. The van der Waals surface area contributed by atoms with Crippen LogP contribution in [-0.4, -0.2) is 97.9 Å². The Kier molecular flexibility index (Phi) is 17.3. The lowest BCUT2D eigenvalue weighted by atomic mass is 9.98. The summed E-state index contributed by atoms with van der Waals surface area (Å²) >= 11 is 0. The molecule has 0 saturated carbocycles. The van der Waals surface area contributed by atoms with E-state index >= 15 is 0 Å². The number of carbonyl (C=O) groups excluding carboxylic acids is 2. The summed E-state index contributed by atoms with van der Waals surface area (Å²) in [6.45, 7) is 7.39. The van der Waals surface area contributed by atoms with Crippen molar-refractivity contribution in [2.24, 2.45) is 0 Å². The maximum atomic E-state index is 12.2. The number of benzene rings is 2. The van der Waals surface area contributed by atoms with Crippen LogP contribution in [0.5, 0.6) is 0 Å². The maximum absolute atomic E-state index is 12.2. The zero-order chi connectivity index (χ0) is 30.4. The third-order valence-corrected chi connectivity index (χ3v) is 6.82. The van der Waals surface area contributed by atoms with Gasteiger partial charge in [-0.2, -0.15) is 0 Å². The lowest BCUT2D eigenvalue weighted by Gasteiger charge is -2.14. The number of nitrogens with one attached hydrogen (secondary N) is 1. The zero-order valence-electron chi connectivity index (χ0n) is 25.4. The first-order valence-corrected chi connectivity index (χ1v) is 15.3. The molecule has 0 unspecified atom stereocenters. The standard InChI is InChI=1S/C33H47NO9/c1-2-3-4-13-32(35)42-25-24-41-23-22-40-21-20-39-19-18-38-17-16-37-15-14-34-33(36)43-26-31-29-11-7-5-9-27(29)28-10-6-8-12-30(28)31/h5-12,31H,2-4,13-26H2,1H3,(H,34,36). The fourth-order valence-electron chi connectivity index (χ4n) is 4.66. The second kappa shape index (κ2) is 21.6. The van der Waals surface area contributed by atoms with Crippen LogP contribution in [0.4, 0.5) is 4.79 Å². The van der Waals surface area contributed by atoms with E-state index in [1.807, 2.05) is 24.3 Å². The fraction of sp³-hybridized carbons (Fsp3) is 0.576. The molecule has 0 atom stereocenters. The van der Waals surface area contributed by atoms with Gasteiger partial charge in [-0.1, -0.05) is 68.3 Å². The topological polar surface area (TPSA) is 111 Å². The van der Waals surface area contributed by atoms with Gasteiger partial charge in [-0.25, -0.2) is 4.79 Å². The molecule has 43 heavy (non-hydrogen) atoms. The molecule has 0 heterocycles. The van der Waals surface area contributed by atoms with Crippen molar-refractivity contribution in [2.45, 2.75) is 38.5 Å². The highest BCUT2D eigenvalue weighted by molar-refractivity contribution is 5.79. The van der Waals surface area contributed by atoms with Crippen LogP contribution in [-0.2, 0) is 38.0 Å². The van der Waals surface area contributed by atoms with Crippen molar-refractivity contribution in [2.75, 3.05) is 85.8 Å². The molecule has 1 aliphatic rings. The van der Waals surface area contributed by atoms with Gasteiger partial charge in [0.05, 0.1) is 66.1 Å². The molecule has 238 valence electrons. The van der Waals surface area contributed by atoms with Crippen molar-refractivity contribution in [1.82, 2.24) is 5.32 Å². The summed E-state index contributed by atoms with van der Waals surface area (Å²) in [5.74, 6) is -0.125. The van der Waals surface area contributed by atoms with E-state index in [9.17, 15) is 9.59 Å². The van der Waals surface area contributed by atoms with Crippen LogP contribution < -0.4 is 5.32 Å². The van der Waals surface area contributed by atoms with E-state index < -0.39 is 6.09 Å². The summed E-state index contributed by atoms with van der Waals surface area (Å²) in [5, 5.41) is 2.73. The first-order valence-electron chi connectivity index (χ1n) is 15.3. The Morgan fingerprint density at radius 3 is 1.65 bits per heavy atom. The van der Waals surface area contributed by atoms with Gasteiger partial charge in [0.15, 0.2) is 0 Å². The molecular weight excluding hydrogens is 554 g/mol. The van der Waals surface area contributed by atoms with E-state index in [-0.39, 0.29) is 25.1 Å². The number of esters is 1. The largest absolute Gasteiger partial charge is 0.463 e. The molecular formula is C33H47NO9. The minimum atomic E-state index is -0.453. The van der Waals surface area contributed by atoms with E-state index in [0.717, 1.165) is 19.3 Å². The van der Waals surface area contributed by atoms with E-state index in [1.165, 1.54) is 22.3 Å². The molecule has 10 nitrogen and oxygen atoms in total. The highest BCUT2D eigenvalue weighted by Gasteiger charge is 2.28. The van der Waals surface area contributed by atoms with Gasteiger partial charge in [0.2, 0.25) is 0 Å². The van der Waals surface area contributed by atoms with Crippen molar-refractivity contribution >= 4 is 12.1 Å². The third-order valence-electron chi connectivity index (χ3n) is 6.82. The number of rotatable bonds is 24. The molecule has 2 aromatic rings. The second-order valence-electron chi connectivity index (χ2n) is 9.99. The molecule has 1 N–H and O–H groups in total. The lowest BCUT2D eigenvalue weighted by Crippen LogP contribution is -2.29. The molecule has 0 aromatic heterocycles. The van der Waals surface area contributed by atoms with Gasteiger partial charge in [-0.3, -0.25) is 4.79 Å². The van der Waals surface area contributed by atoms with Gasteiger partial charge < -0.3 is 38.5 Å². The Morgan fingerprint density at radius 2 is 1.12 bits per heavy atom. The van der Waals surface area contributed by atoms with Gasteiger partial charge in [0, 0.05) is 18.9 Å². The quantitative estimate of drug-likeness (QED) is 0.135. The Hall–Kier alpha value is -3.02. The smallest absolute Gasteiger partial charge is 0.407 e. The zero-order valence-corrected chi connectivity index (χ0v) is 25.4. The van der Waals surface area contributed by atoms with Crippen LogP contribution in [0, 0.1) is 0 Å². The maximum Gasteiger partial charge on any atom is 0.407 e. The summed E-state index contributed by atoms with van der Waals surface area (Å²) < 4.78 is 37.9. The van der Waals surface area contributed by atoms with E-state index in [2.05, 4.69) is 36.5 Å². The molecule has 10 heteroatoms. The number of fused-ring (bicyclic) bond motifs is 3. The number of ether oxygens (including phenoxy) is 7. The number of amides is 1. The second-order valence-corrected chi connectivity index (χ2v) is 9.99. The monoisotopic (exact) mass is 601 g/mol. The average molecular weight is 602 g/mol. The van der Waals surface area contributed by atoms with Crippen LogP contribution in [0.2, 0.25) is 0 Å². The third kappa shape index (κ3) is 13.4. The Labute approximate surface area is 255 Å². The van der Waals surface area contributed by atoms with Crippen LogP contribution in [0.3, 0.4) is 0 Å². The molecule has 3 rings (SSSR count). The molecule has 0 fully saturated rings. The highest BCUT2D eigenvalue weighted by Crippen LogP contribution is 2.44. The Morgan fingerprint density at radius 1 is 0.628 bits per heavy atom. The molecule has 1 aliphatic carbocycles. The van der Waals surface area contributed by atoms with Crippen molar-refractivity contribution < 1.29 is 42.7 Å². The minimum absolute atomic E-state index is 0.0397. The minimum Gasteiger partial charge on any atom is -0.463 e. The number of carbonyl (C=O) groups is 2. The summed E-state index contributed by atoms with van der Waals surface area (Å²) in [7, 11) is 0. The van der Waals surface area contributed by atoms with Crippen molar-refractivity contribution in [1.29, 1.82) is 0 Å². The lowest BCUT2D eigenvalue weighted by molar-refractivity contribution is -0.145. The molecule has 0 aliphatic heterocycles. The summed E-state index contributed by atoms with van der Waals surface area (Å²) in [6.07, 6.45) is 3.02. The van der Waals surface area contributed by atoms with Crippen LogP contribution in [0.15, 0.2) is 48.5 Å². The van der Waals surface area contributed by atoms with Gasteiger partial charge in [-0.15, -0.1) is 0 Å². The SMILES string of the molecule is CCCCCC(=O)OCCOCCOCCOCCOCCOCCNC(=O)OCC1c2ccccc2-c2ccccc21. The van der Waals surface area contributed by atoms with Crippen LogP contribution in [0.25, 0.3) is 11.1 Å².